The summed E-state index contributed by atoms with van der Waals surface area (Å²) in [4.78, 5) is 35.6. The molecule has 1 radical (unpaired) electrons. The predicted molar refractivity (Wildman–Crippen MR) is 60.8 cm³/mol. The Morgan fingerprint density at radius 2 is 0.667 bits per heavy atom. The normalized spacial score (nSPS) is 6.19. The molecule has 0 aromatic heterocycles. The molecule has 21 heavy (non-hydrogen) atoms. The molecule has 0 unspecified atom stereocenters. The van der Waals surface area contributed by atoms with E-state index in [2.05, 4.69) is 0 Å². The third-order valence-electron chi connectivity index (χ3n) is 0.167. The van der Waals surface area contributed by atoms with E-state index >= 15 is 0 Å². The van der Waals surface area contributed by atoms with Crippen LogP contribution >= 0.6 is 0 Å². The van der Waals surface area contributed by atoms with Crippen LogP contribution in [-0.2, 0) is 39.6 Å². The summed E-state index contributed by atoms with van der Waals surface area (Å²) in [6, 6.07) is 0. The standard InChI is InChI=1S/C2H8N2.4C2H4O2.Re/c3-1-2-4;4*1-2(3)4;/h1-4H2;4*1H3,(H,3,4);/p-4. The molecule has 4 N–H and O–H groups in total. The summed E-state index contributed by atoms with van der Waals surface area (Å²) in [6.07, 6.45) is 0. The van der Waals surface area contributed by atoms with Crippen LogP contribution in [0.3, 0.4) is 0 Å². The van der Waals surface area contributed by atoms with Crippen LogP contribution in [0, 0.1) is 0 Å². The van der Waals surface area contributed by atoms with E-state index in [-0.39, 0.29) is 20.4 Å². The molecule has 10 nitrogen and oxygen atoms in total. The van der Waals surface area contributed by atoms with E-state index in [1.807, 2.05) is 0 Å². The molecule has 0 rings (SSSR count). The Labute approximate surface area is 136 Å². The molecule has 0 atom stereocenters. The van der Waals surface area contributed by atoms with Crippen LogP contribution in [0.1, 0.15) is 27.7 Å². The van der Waals surface area contributed by atoms with Gasteiger partial charge in [-0.15, -0.1) is 0 Å². The molecule has 11 heteroatoms. The van der Waals surface area contributed by atoms with Gasteiger partial charge in [0.15, 0.2) is 0 Å². The van der Waals surface area contributed by atoms with Crippen molar-refractivity contribution in [3.63, 3.8) is 0 Å². The molecule has 0 spiro atoms. The number of nitrogens with two attached hydrogens (primary N) is 2. The van der Waals surface area contributed by atoms with Crippen molar-refractivity contribution in [1.29, 1.82) is 0 Å². The van der Waals surface area contributed by atoms with E-state index in [4.69, 9.17) is 51.1 Å². The predicted octanol–water partition coefficient (Wildman–Crippen LogP) is -6.07. The molecule has 0 aliphatic carbocycles. The van der Waals surface area contributed by atoms with Crippen molar-refractivity contribution in [3.05, 3.63) is 0 Å². The molecule has 0 fully saturated rings. The Hall–Kier alpha value is -1.54. The first kappa shape index (κ1) is 36.6. The Kier molecular flexibility index (Phi) is 63.2. The number of aliphatic carboxylic acids is 4. The number of carbonyl (C=O) groups excluding carboxylic acids is 4. The fourth-order valence-corrected chi connectivity index (χ4v) is 0. The minimum Gasteiger partial charge on any atom is -0.550 e. The van der Waals surface area contributed by atoms with Crippen LogP contribution in [0.5, 0.6) is 0 Å². The summed E-state index contributed by atoms with van der Waals surface area (Å²) in [5, 5.41) is 35.6. The summed E-state index contributed by atoms with van der Waals surface area (Å²) in [6.45, 7) is 5.08. The average molecular weight is 482 g/mol. The summed E-state index contributed by atoms with van der Waals surface area (Å²) in [5.74, 6) is -4.33. The zero-order chi connectivity index (χ0) is 17.7. The Morgan fingerprint density at radius 1 is 0.619 bits per heavy atom. The smallest absolute Gasteiger partial charge is 0.0383 e. The van der Waals surface area contributed by atoms with Gasteiger partial charge in [-0.3, -0.25) is 0 Å². The van der Waals surface area contributed by atoms with Crippen LogP contribution < -0.4 is 31.9 Å². The second-order valence-corrected chi connectivity index (χ2v) is 2.54. The van der Waals surface area contributed by atoms with Gasteiger partial charge in [-0.1, -0.05) is 0 Å². The molecule has 0 aromatic carbocycles. The third kappa shape index (κ3) is 17300. The quantitative estimate of drug-likeness (QED) is 0.361. The first-order valence-corrected chi connectivity index (χ1v) is 4.95. The van der Waals surface area contributed by atoms with Crippen LogP contribution in [0.2, 0.25) is 0 Å². The molecule has 0 aliphatic rings. The topological polar surface area (TPSA) is 213 Å². The Bertz CT molecular complexity index is 195. The third-order valence-corrected chi connectivity index (χ3v) is 0.167. The van der Waals surface area contributed by atoms with Crippen LogP contribution in [-0.4, -0.2) is 37.0 Å². The van der Waals surface area contributed by atoms with Gasteiger partial charge < -0.3 is 51.1 Å². The Morgan fingerprint density at radius 3 is 0.667 bits per heavy atom. The number of hydrogen-bond acceptors (Lipinski definition) is 10. The van der Waals surface area contributed by atoms with Gasteiger partial charge in [-0.05, 0) is 27.7 Å². The van der Waals surface area contributed by atoms with Crippen LogP contribution in [0.25, 0.3) is 0 Å². The minimum atomic E-state index is -1.08. The maximum Gasteiger partial charge on any atom is 0.0383 e. The van der Waals surface area contributed by atoms with Crippen LogP contribution in [0.4, 0.5) is 0 Å². The maximum atomic E-state index is 8.89. The largest absolute Gasteiger partial charge is 0.550 e. The zero-order valence-corrected chi connectivity index (χ0v) is 14.9. The summed E-state index contributed by atoms with van der Waals surface area (Å²) >= 11 is 0. The second-order valence-electron chi connectivity index (χ2n) is 2.54. The van der Waals surface area contributed by atoms with E-state index in [1.54, 1.807) is 0 Å². The van der Waals surface area contributed by atoms with Gasteiger partial charge in [-0.2, -0.15) is 0 Å². The van der Waals surface area contributed by atoms with Gasteiger partial charge in [-0.25, -0.2) is 0 Å². The van der Waals surface area contributed by atoms with Crippen molar-refractivity contribution >= 4 is 23.9 Å². The minimum absolute atomic E-state index is 0. The van der Waals surface area contributed by atoms with Gasteiger partial charge in [0.05, 0.1) is 0 Å². The first-order chi connectivity index (χ1) is 8.84. The molecule has 0 amide bonds. The van der Waals surface area contributed by atoms with E-state index in [0.717, 1.165) is 27.7 Å². The molecule has 0 aromatic rings. The monoisotopic (exact) mass is 483 g/mol. The van der Waals surface area contributed by atoms with Crippen molar-refractivity contribution < 1.29 is 60.0 Å². The second kappa shape index (κ2) is 36.2. The molecular formula is C10H20N2O8Re-4. The average Bonchev–Trinajstić information content (AvgIpc) is 2.13. The summed E-state index contributed by atoms with van der Waals surface area (Å²) in [5.41, 5.74) is 9.81. The van der Waals surface area contributed by atoms with E-state index < -0.39 is 23.9 Å². The molecule has 0 saturated carbocycles. The van der Waals surface area contributed by atoms with Crippen molar-refractivity contribution in [2.75, 3.05) is 13.1 Å². The van der Waals surface area contributed by atoms with Gasteiger partial charge in [0.1, 0.15) is 0 Å². The zero-order valence-electron chi connectivity index (χ0n) is 12.2. The number of carbonyl (C=O) groups is 4. The SMILES string of the molecule is CC(=O)[O-].CC(=O)[O-].CC(=O)[O-].CC(=O)[O-].NCCN.[Re]. The fourth-order valence-electron chi connectivity index (χ4n) is 0. The molecule has 0 saturated heterocycles. The first-order valence-electron chi connectivity index (χ1n) is 4.95. The number of rotatable bonds is 1. The molecule has 0 heterocycles. The number of carboxylic acid groups (broad SMARTS) is 4. The van der Waals surface area contributed by atoms with E-state index in [0.29, 0.717) is 13.1 Å². The van der Waals surface area contributed by atoms with Gasteiger partial charge in [0, 0.05) is 57.4 Å². The molecule has 0 aliphatic heterocycles. The van der Waals surface area contributed by atoms with Crippen molar-refractivity contribution in [2.45, 2.75) is 27.7 Å². The van der Waals surface area contributed by atoms with E-state index in [9.17, 15) is 0 Å². The summed E-state index contributed by atoms with van der Waals surface area (Å²) in [7, 11) is 0. The van der Waals surface area contributed by atoms with Crippen molar-refractivity contribution in [2.24, 2.45) is 11.5 Å². The van der Waals surface area contributed by atoms with Crippen molar-refractivity contribution in [3.8, 4) is 0 Å². The van der Waals surface area contributed by atoms with Crippen molar-refractivity contribution in [1.82, 2.24) is 0 Å². The number of carboxylic acids is 4. The fraction of sp³-hybridized carbons (Fsp3) is 0.600. The maximum absolute atomic E-state index is 8.89. The molecule has 0 bridgehead atoms. The Balaban J connectivity index is -0.0000000331. The molecular weight excluding hydrogens is 462 g/mol. The number of hydrogen-bond donors (Lipinski definition) is 2. The van der Waals surface area contributed by atoms with E-state index in [1.165, 1.54) is 0 Å². The van der Waals surface area contributed by atoms with Crippen LogP contribution in [0.15, 0.2) is 0 Å². The van der Waals surface area contributed by atoms with Gasteiger partial charge in [0.2, 0.25) is 0 Å². The summed E-state index contributed by atoms with van der Waals surface area (Å²) < 4.78 is 0. The van der Waals surface area contributed by atoms with Gasteiger partial charge >= 0.3 is 0 Å². The molecule has 129 valence electrons. The van der Waals surface area contributed by atoms with Gasteiger partial charge in [0.25, 0.3) is 0 Å².